The molecule has 7 nitrogen and oxygen atoms in total. The zero-order valence-corrected chi connectivity index (χ0v) is 17.3. The van der Waals surface area contributed by atoms with Crippen LogP contribution < -0.4 is 14.2 Å². The Morgan fingerprint density at radius 2 is 1.27 bits per heavy atom. The lowest BCUT2D eigenvalue weighted by atomic mass is 10.0. The van der Waals surface area contributed by atoms with Crippen LogP contribution in [-0.2, 0) is 36.1 Å². The van der Waals surface area contributed by atoms with Crippen LogP contribution in [0.15, 0.2) is 49.6 Å². The quantitative estimate of drug-likeness (QED) is 0.522. The van der Waals surface area contributed by atoms with Crippen molar-refractivity contribution in [3.63, 3.8) is 0 Å². The predicted molar refractivity (Wildman–Crippen MR) is 113 cm³/mol. The zero-order chi connectivity index (χ0) is 21.7. The molecule has 0 saturated carbocycles. The van der Waals surface area contributed by atoms with E-state index in [1.54, 1.807) is 0 Å². The van der Waals surface area contributed by atoms with Gasteiger partial charge in [0.25, 0.3) is 0 Å². The number of ether oxygens (including phenoxy) is 3. The van der Waals surface area contributed by atoms with Crippen LogP contribution in [0.2, 0.25) is 0 Å². The van der Waals surface area contributed by atoms with Crippen molar-refractivity contribution in [1.82, 2.24) is 0 Å². The molecule has 0 unspecified atom stereocenters. The summed E-state index contributed by atoms with van der Waals surface area (Å²) in [7, 11) is -4.67. The monoisotopic (exact) mass is 432 g/mol. The Labute approximate surface area is 176 Å². The first kappa shape index (κ1) is 21.9. The summed E-state index contributed by atoms with van der Waals surface area (Å²) in [6, 6.07) is 8.24. The standard InChI is InChI=1S/C22H22O3.H2O4S/c1-3-5-15-7-9-19(17-11-13-23-21(15)17)25-20-10-8-16(6-4-2)22-18(20)12-14-24-22;1-5(2,3)4/h3-4,7-10H,1-2,5-6,11-14H2;(H2,1,2,3,4). The Kier molecular flexibility index (Phi) is 6.81. The van der Waals surface area contributed by atoms with Gasteiger partial charge in [-0.05, 0) is 36.1 Å². The van der Waals surface area contributed by atoms with E-state index in [1.165, 1.54) is 11.1 Å². The summed E-state index contributed by atoms with van der Waals surface area (Å²) in [4.78, 5) is 0. The zero-order valence-electron chi connectivity index (χ0n) is 16.5. The molecule has 2 aliphatic rings. The van der Waals surface area contributed by atoms with Gasteiger partial charge >= 0.3 is 10.4 Å². The second kappa shape index (κ2) is 9.34. The molecular weight excluding hydrogens is 408 g/mol. The summed E-state index contributed by atoms with van der Waals surface area (Å²) < 4.78 is 49.6. The summed E-state index contributed by atoms with van der Waals surface area (Å²) >= 11 is 0. The maximum atomic E-state index is 8.74. The largest absolute Gasteiger partial charge is 0.493 e. The van der Waals surface area contributed by atoms with E-state index in [-0.39, 0.29) is 0 Å². The fraction of sp³-hybridized carbons (Fsp3) is 0.273. The smallest absolute Gasteiger partial charge is 0.394 e. The first-order valence-electron chi connectivity index (χ1n) is 9.46. The van der Waals surface area contributed by atoms with Gasteiger partial charge in [0.1, 0.15) is 23.0 Å². The number of hydrogen-bond acceptors (Lipinski definition) is 5. The summed E-state index contributed by atoms with van der Waals surface area (Å²) in [5.41, 5.74) is 4.65. The molecule has 2 heterocycles. The molecule has 2 aromatic rings. The van der Waals surface area contributed by atoms with Crippen LogP contribution in [0.4, 0.5) is 0 Å². The third kappa shape index (κ3) is 5.21. The highest BCUT2D eigenvalue weighted by Gasteiger charge is 2.24. The van der Waals surface area contributed by atoms with E-state index in [0.29, 0.717) is 13.2 Å². The van der Waals surface area contributed by atoms with Gasteiger partial charge in [-0.3, -0.25) is 9.11 Å². The first-order chi connectivity index (χ1) is 14.3. The lowest BCUT2D eigenvalue weighted by Gasteiger charge is -2.15. The highest BCUT2D eigenvalue weighted by atomic mass is 32.3. The summed E-state index contributed by atoms with van der Waals surface area (Å²) in [5, 5.41) is 0. The van der Waals surface area contributed by atoms with Crippen molar-refractivity contribution in [3.05, 3.63) is 71.8 Å². The van der Waals surface area contributed by atoms with Crippen molar-refractivity contribution in [1.29, 1.82) is 0 Å². The highest BCUT2D eigenvalue weighted by Crippen LogP contribution is 2.43. The Morgan fingerprint density at radius 3 is 1.63 bits per heavy atom. The highest BCUT2D eigenvalue weighted by molar-refractivity contribution is 7.79. The number of hydrogen-bond donors (Lipinski definition) is 2. The van der Waals surface area contributed by atoms with E-state index >= 15 is 0 Å². The van der Waals surface area contributed by atoms with E-state index in [2.05, 4.69) is 25.3 Å². The average molecular weight is 432 g/mol. The van der Waals surface area contributed by atoms with E-state index in [1.807, 2.05) is 24.3 Å². The molecule has 0 saturated heterocycles. The maximum Gasteiger partial charge on any atom is 0.394 e. The van der Waals surface area contributed by atoms with Crippen LogP contribution >= 0.6 is 0 Å². The van der Waals surface area contributed by atoms with Crippen molar-refractivity contribution in [2.75, 3.05) is 13.2 Å². The molecule has 30 heavy (non-hydrogen) atoms. The molecule has 8 heteroatoms. The second-order valence-electron chi connectivity index (χ2n) is 6.79. The molecule has 2 aliphatic heterocycles. The van der Waals surface area contributed by atoms with Crippen LogP contribution in [0, 0.1) is 0 Å². The van der Waals surface area contributed by atoms with Crippen molar-refractivity contribution in [2.24, 2.45) is 0 Å². The average Bonchev–Trinajstić information content (AvgIpc) is 3.34. The SMILES string of the molecule is C=CCc1ccc(Oc2ccc(CC=C)c3c2CCO3)c2c1OCC2.O=S(=O)(O)O. The van der Waals surface area contributed by atoms with Crippen molar-refractivity contribution < 1.29 is 31.7 Å². The minimum Gasteiger partial charge on any atom is -0.493 e. The molecule has 2 aromatic carbocycles. The van der Waals surface area contributed by atoms with Crippen LogP contribution in [0.25, 0.3) is 0 Å². The molecule has 0 fully saturated rings. The first-order valence-corrected chi connectivity index (χ1v) is 10.9. The molecule has 2 N–H and O–H groups in total. The maximum absolute atomic E-state index is 8.74. The minimum atomic E-state index is -4.67. The van der Waals surface area contributed by atoms with E-state index in [0.717, 1.165) is 59.8 Å². The van der Waals surface area contributed by atoms with E-state index < -0.39 is 10.4 Å². The van der Waals surface area contributed by atoms with Crippen molar-refractivity contribution in [2.45, 2.75) is 25.7 Å². The van der Waals surface area contributed by atoms with Gasteiger partial charge in [0.15, 0.2) is 0 Å². The molecule has 160 valence electrons. The second-order valence-corrected chi connectivity index (χ2v) is 7.69. The molecule has 0 radical (unpaired) electrons. The minimum absolute atomic E-state index is 0.708. The van der Waals surface area contributed by atoms with Crippen LogP contribution in [-0.4, -0.2) is 30.7 Å². The molecule has 0 atom stereocenters. The van der Waals surface area contributed by atoms with Gasteiger partial charge in [-0.2, -0.15) is 8.42 Å². The number of benzene rings is 2. The van der Waals surface area contributed by atoms with Crippen LogP contribution in [0.1, 0.15) is 22.3 Å². The third-order valence-corrected chi connectivity index (χ3v) is 4.74. The Bertz CT molecular complexity index is 980. The number of allylic oxidation sites excluding steroid dienone is 2. The molecule has 0 aromatic heterocycles. The van der Waals surface area contributed by atoms with Crippen LogP contribution in [0.3, 0.4) is 0 Å². The van der Waals surface area contributed by atoms with E-state index in [4.69, 9.17) is 31.7 Å². The van der Waals surface area contributed by atoms with Gasteiger partial charge in [-0.15, -0.1) is 13.2 Å². The summed E-state index contributed by atoms with van der Waals surface area (Å²) in [5.74, 6) is 3.69. The predicted octanol–water partition coefficient (Wildman–Crippen LogP) is 4.15. The van der Waals surface area contributed by atoms with Gasteiger partial charge < -0.3 is 14.2 Å². The van der Waals surface area contributed by atoms with Gasteiger partial charge in [0.2, 0.25) is 0 Å². The Hall–Kier alpha value is -2.81. The van der Waals surface area contributed by atoms with Crippen molar-refractivity contribution >= 4 is 10.4 Å². The summed E-state index contributed by atoms with van der Waals surface area (Å²) in [6.45, 7) is 9.07. The fourth-order valence-electron chi connectivity index (χ4n) is 3.60. The van der Waals surface area contributed by atoms with Gasteiger partial charge in [-0.25, -0.2) is 0 Å². The molecule has 0 amide bonds. The van der Waals surface area contributed by atoms with Gasteiger partial charge in [0, 0.05) is 24.0 Å². The third-order valence-electron chi connectivity index (χ3n) is 4.74. The number of rotatable bonds is 6. The number of fused-ring (bicyclic) bond motifs is 2. The van der Waals surface area contributed by atoms with Gasteiger partial charge in [-0.1, -0.05) is 24.3 Å². The molecule has 0 spiro atoms. The van der Waals surface area contributed by atoms with Gasteiger partial charge in [0.05, 0.1) is 13.2 Å². The molecular formula is C22H24O7S. The normalized spacial score (nSPS) is 13.8. The molecule has 4 rings (SSSR count). The topological polar surface area (TPSA) is 102 Å². The fourth-order valence-corrected chi connectivity index (χ4v) is 3.60. The Balaban J connectivity index is 0.000000461. The molecule has 0 bridgehead atoms. The molecule has 0 aliphatic carbocycles. The van der Waals surface area contributed by atoms with E-state index in [9.17, 15) is 0 Å². The lowest BCUT2D eigenvalue weighted by Crippen LogP contribution is -1.96. The Morgan fingerprint density at radius 1 is 0.867 bits per heavy atom. The van der Waals surface area contributed by atoms with Crippen LogP contribution in [0.5, 0.6) is 23.0 Å². The lowest BCUT2D eigenvalue weighted by molar-refractivity contribution is 0.354. The van der Waals surface area contributed by atoms with Crippen molar-refractivity contribution in [3.8, 4) is 23.0 Å². The summed E-state index contributed by atoms with van der Waals surface area (Å²) in [6.07, 6.45) is 7.18.